The van der Waals surface area contributed by atoms with Crippen molar-refractivity contribution in [3.05, 3.63) is 23.3 Å². The van der Waals surface area contributed by atoms with E-state index in [9.17, 15) is 0 Å². The summed E-state index contributed by atoms with van der Waals surface area (Å²) < 4.78 is 5.30. The molecule has 3 heteroatoms. The topological polar surface area (TPSA) is 12.5 Å². The Morgan fingerprint density at radius 3 is 2.50 bits per heavy atom. The van der Waals surface area contributed by atoms with Gasteiger partial charge < -0.3 is 9.64 Å². The third-order valence-electron chi connectivity index (χ3n) is 2.97. The van der Waals surface area contributed by atoms with Gasteiger partial charge in [-0.15, -0.1) is 11.6 Å². The van der Waals surface area contributed by atoms with Crippen LogP contribution in [0.25, 0.3) is 0 Å². The van der Waals surface area contributed by atoms with Crippen LogP contribution in [0.2, 0.25) is 0 Å². The standard InChI is InChI=1S/C13H20ClNO/c1-10-11(2)13(16-4)7-6-12(10)15(3)9-5-8-14/h6-7H,5,8-9H2,1-4H3. The number of anilines is 1. The van der Waals surface area contributed by atoms with E-state index in [0.717, 1.165) is 18.7 Å². The van der Waals surface area contributed by atoms with E-state index >= 15 is 0 Å². The van der Waals surface area contributed by atoms with E-state index in [2.05, 4.69) is 31.9 Å². The molecule has 0 heterocycles. The Bertz CT molecular complexity index is 352. The molecule has 0 aliphatic carbocycles. The monoisotopic (exact) mass is 241 g/mol. The molecule has 0 radical (unpaired) electrons. The number of alkyl halides is 1. The summed E-state index contributed by atoms with van der Waals surface area (Å²) in [5.74, 6) is 1.66. The zero-order chi connectivity index (χ0) is 12.1. The number of hydrogen-bond donors (Lipinski definition) is 0. The van der Waals surface area contributed by atoms with E-state index in [1.807, 2.05) is 6.07 Å². The number of ether oxygens (including phenoxy) is 1. The van der Waals surface area contributed by atoms with Crippen molar-refractivity contribution in [2.24, 2.45) is 0 Å². The maximum Gasteiger partial charge on any atom is 0.122 e. The van der Waals surface area contributed by atoms with E-state index in [4.69, 9.17) is 16.3 Å². The summed E-state index contributed by atoms with van der Waals surface area (Å²) in [6.07, 6.45) is 1.00. The molecule has 0 bridgehead atoms. The molecule has 0 aliphatic heterocycles. The molecular weight excluding hydrogens is 222 g/mol. The average molecular weight is 242 g/mol. The van der Waals surface area contributed by atoms with Crippen molar-refractivity contribution in [1.29, 1.82) is 0 Å². The van der Waals surface area contributed by atoms with Crippen LogP contribution in [0.4, 0.5) is 5.69 Å². The zero-order valence-corrected chi connectivity index (χ0v) is 11.3. The van der Waals surface area contributed by atoms with Gasteiger partial charge in [-0.3, -0.25) is 0 Å². The van der Waals surface area contributed by atoms with Crippen molar-refractivity contribution in [3.8, 4) is 5.75 Å². The second-order valence-electron chi connectivity index (χ2n) is 4.00. The highest BCUT2D eigenvalue weighted by molar-refractivity contribution is 6.17. The van der Waals surface area contributed by atoms with Gasteiger partial charge in [-0.25, -0.2) is 0 Å². The van der Waals surface area contributed by atoms with Crippen molar-refractivity contribution in [2.75, 3.05) is 31.5 Å². The molecule has 0 atom stereocenters. The predicted octanol–water partition coefficient (Wildman–Crippen LogP) is 3.38. The van der Waals surface area contributed by atoms with Gasteiger partial charge in [0.05, 0.1) is 7.11 Å². The summed E-state index contributed by atoms with van der Waals surface area (Å²) in [5, 5.41) is 0. The first-order valence-corrected chi connectivity index (χ1v) is 6.06. The molecule has 0 spiro atoms. The van der Waals surface area contributed by atoms with E-state index < -0.39 is 0 Å². The number of benzene rings is 1. The van der Waals surface area contributed by atoms with Crippen LogP contribution in [-0.2, 0) is 0 Å². The van der Waals surface area contributed by atoms with Crippen LogP contribution in [0.1, 0.15) is 17.5 Å². The first-order chi connectivity index (χ1) is 7.61. The molecule has 0 amide bonds. The number of methoxy groups -OCH3 is 1. The maximum absolute atomic E-state index is 5.71. The van der Waals surface area contributed by atoms with Crippen LogP contribution in [0.3, 0.4) is 0 Å². The van der Waals surface area contributed by atoms with Crippen molar-refractivity contribution >= 4 is 17.3 Å². The summed E-state index contributed by atoms with van der Waals surface area (Å²) in [7, 11) is 3.81. The Morgan fingerprint density at radius 1 is 1.25 bits per heavy atom. The minimum Gasteiger partial charge on any atom is -0.496 e. The molecule has 1 aromatic carbocycles. The van der Waals surface area contributed by atoms with Crippen LogP contribution in [-0.4, -0.2) is 26.6 Å². The SMILES string of the molecule is COc1ccc(N(C)CCCCl)c(C)c1C. The van der Waals surface area contributed by atoms with Gasteiger partial charge in [0.2, 0.25) is 0 Å². The van der Waals surface area contributed by atoms with Crippen LogP contribution < -0.4 is 9.64 Å². The van der Waals surface area contributed by atoms with Crippen molar-refractivity contribution in [2.45, 2.75) is 20.3 Å². The lowest BCUT2D eigenvalue weighted by molar-refractivity contribution is 0.411. The van der Waals surface area contributed by atoms with Gasteiger partial charge in [0.1, 0.15) is 5.75 Å². The second kappa shape index (κ2) is 6.00. The lowest BCUT2D eigenvalue weighted by Crippen LogP contribution is -2.20. The molecule has 2 nitrogen and oxygen atoms in total. The molecule has 0 aromatic heterocycles. The lowest BCUT2D eigenvalue weighted by atomic mass is 10.1. The Kier molecular flexibility index (Phi) is 4.94. The van der Waals surface area contributed by atoms with E-state index in [1.165, 1.54) is 16.8 Å². The Hall–Kier alpha value is -0.890. The van der Waals surface area contributed by atoms with Crippen molar-refractivity contribution in [1.82, 2.24) is 0 Å². The summed E-state index contributed by atoms with van der Waals surface area (Å²) in [4.78, 5) is 2.24. The summed E-state index contributed by atoms with van der Waals surface area (Å²) in [6, 6.07) is 4.13. The second-order valence-corrected chi connectivity index (χ2v) is 4.38. The number of hydrogen-bond acceptors (Lipinski definition) is 2. The molecule has 0 aliphatic rings. The summed E-state index contributed by atoms with van der Waals surface area (Å²) in [6.45, 7) is 5.20. The fourth-order valence-electron chi connectivity index (χ4n) is 1.83. The molecule has 0 fully saturated rings. The van der Waals surface area contributed by atoms with Crippen LogP contribution in [0, 0.1) is 13.8 Å². The predicted molar refractivity (Wildman–Crippen MR) is 71.1 cm³/mol. The molecule has 16 heavy (non-hydrogen) atoms. The van der Waals surface area contributed by atoms with Gasteiger partial charge in [0.25, 0.3) is 0 Å². The average Bonchev–Trinajstić information content (AvgIpc) is 2.29. The molecule has 0 N–H and O–H groups in total. The molecule has 1 aromatic rings. The first kappa shape index (κ1) is 13.2. The third-order valence-corrected chi connectivity index (χ3v) is 3.23. The highest BCUT2D eigenvalue weighted by atomic mass is 35.5. The first-order valence-electron chi connectivity index (χ1n) is 5.53. The minimum atomic E-state index is 0.707. The van der Waals surface area contributed by atoms with E-state index in [0.29, 0.717) is 5.88 Å². The van der Waals surface area contributed by atoms with Gasteiger partial charge in [0.15, 0.2) is 0 Å². The van der Waals surface area contributed by atoms with Crippen LogP contribution in [0.5, 0.6) is 5.75 Å². The van der Waals surface area contributed by atoms with Crippen molar-refractivity contribution in [3.63, 3.8) is 0 Å². The highest BCUT2D eigenvalue weighted by Gasteiger charge is 2.09. The van der Waals surface area contributed by atoms with Crippen molar-refractivity contribution < 1.29 is 4.74 Å². The zero-order valence-electron chi connectivity index (χ0n) is 10.5. The van der Waals surface area contributed by atoms with E-state index in [-0.39, 0.29) is 0 Å². The molecular formula is C13H20ClNO. The Morgan fingerprint density at radius 2 is 1.94 bits per heavy atom. The fraction of sp³-hybridized carbons (Fsp3) is 0.538. The van der Waals surface area contributed by atoms with Crippen LogP contribution in [0.15, 0.2) is 12.1 Å². The number of nitrogens with zero attached hydrogens (tertiary/aromatic N) is 1. The Labute approximate surface area is 103 Å². The van der Waals surface area contributed by atoms with Gasteiger partial charge in [-0.1, -0.05) is 0 Å². The summed E-state index contributed by atoms with van der Waals surface area (Å²) in [5.41, 5.74) is 3.73. The smallest absolute Gasteiger partial charge is 0.122 e. The Balaban J connectivity index is 2.93. The molecule has 0 unspecified atom stereocenters. The summed E-state index contributed by atoms with van der Waals surface area (Å²) >= 11 is 5.71. The molecule has 0 saturated carbocycles. The molecule has 90 valence electrons. The lowest BCUT2D eigenvalue weighted by Gasteiger charge is -2.23. The third kappa shape index (κ3) is 2.82. The normalized spacial score (nSPS) is 10.3. The van der Waals surface area contributed by atoms with Gasteiger partial charge in [-0.2, -0.15) is 0 Å². The largest absolute Gasteiger partial charge is 0.496 e. The minimum absolute atomic E-state index is 0.707. The van der Waals surface area contributed by atoms with Gasteiger partial charge >= 0.3 is 0 Å². The fourth-order valence-corrected chi connectivity index (χ4v) is 1.95. The van der Waals surface area contributed by atoms with Gasteiger partial charge in [0, 0.05) is 25.2 Å². The van der Waals surface area contributed by atoms with Crippen LogP contribution >= 0.6 is 11.6 Å². The quantitative estimate of drug-likeness (QED) is 0.733. The molecule has 1 rings (SSSR count). The number of halogens is 1. The van der Waals surface area contributed by atoms with E-state index in [1.54, 1.807) is 7.11 Å². The molecule has 0 saturated heterocycles. The van der Waals surface area contributed by atoms with Gasteiger partial charge in [-0.05, 0) is 43.5 Å². The maximum atomic E-state index is 5.71. The highest BCUT2D eigenvalue weighted by Crippen LogP contribution is 2.29. The number of rotatable bonds is 5.